The summed E-state index contributed by atoms with van der Waals surface area (Å²) >= 11 is 5.98. The van der Waals surface area contributed by atoms with Crippen molar-refractivity contribution < 1.29 is 19.1 Å². The van der Waals surface area contributed by atoms with Crippen molar-refractivity contribution in [3.8, 4) is 5.75 Å². The molecule has 0 aromatic heterocycles. The predicted molar refractivity (Wildman–Crippen MR) is 116 cm³/mol. The van der Waals surface area contributed by atoms with E-state index < -0.39 is 6.04 Å². The Morgan fingerprint density at radius 2 is 1.63 bits per heavy atom. The number of ether oxygens (including phenoxy) is 2. The molecule has 1 saturated heterocycles. The zero-order valence-electron chi connectivity index (χ0n) is 17.3. The molecule has 1 atom stereocenters. The minimum absolute atomic E-state index is 0.0833. The molecular formula is C23H27ClN2O4. The molecule has 1 heterocycles. The first-order chi connectivity index (χ1) is 14.5. The van der Waals surface area contributed by atoms with Crippen LogP contribution in [0.4, 0.5) is 0 Å². The van der Waals surface area contributed by atoms with E-state index in [4.69, 9.17) is 21.1 Å². The van der Waals surface area contributed by atoms with E-state index in [-0.39, 0.29) is 11.9 Å². The number of amides is 1. The van der Waals surface area contributed by atoms with Crippen molar-refractivity contribution in [3.05, 3.63) is 64.7 Å². The molecule has 1 aliphatic rings. The van der Waals surface area contributed by atoms with Gasteiger partial charge >= 0.3 is 5.97 Å². The molecule has 1 fully saturated rings. The average molecular weight is 431 g/mol. The lowest BCUT2D eigenvalue weighted by Gasteiger charge is -2.38. The largest absolute Gasteiger partial charge is 0.494 e. The minimum Gasteiger partial charge on any atom is -0.494 e. The summed E-state index contributed by atoms with van der Waals surface area (Å²) in [5.41, 5.74) is 1.79. The van der Waals surface area contributed by atoms with E-state index in [9.17, 15) is 9.59 Å². The highest BCUT2D eigenvalue weighted by Crippen LogP contribution is 2.25. The summed E-state index contributed by atoms with van der Waals surface area (Å²) in [7, 11) is 1.39. The molecular weight excluding hydrogens is 404 g/mol. The van der Waals surface area contributed by atoms with Crippen LogP contribution in [0, 0.1) is 0 Å². The van der Waals surface area contributed by atoms with E-state index in [1.165, 1.54) is 7.11 Å². The summed E-state index contributed by atoms with van der Waals surface area (Å²) in [6.07, 6.45) is 0.351. The zero-order valence-corrected chi connectivity index (χ0v) is 18.1. The summed E-state index contributed by atoms with van der Waals surface area (Å²) in [6.45, 7) is 4.88. The van der Waals surface area contributed by atoms with E-state index in [1.54, 1.807) is 12.1 Å². The minimum atomic E-state index is -0.504. The molecule has 1 unspecified atom stereocenters. The highest BCUT2D eigenvalue weighted by molar-refractivity contribution is 6.30. The van der Waals surface area contributed by atoms with Gasteiger partial charge in [-0.1, -0.05) is 35.9 Å². The Hall–Kier alpha value is -2.57. The summed E-state index contributed by atoms with van der Waals surface area (Å²) in [5.74, 6) is 0.574. The van der Waals surface area contributed by atoms with E-state index in [0.29, 0.717) is 44.2 Å². The third-order valence-corrected chi connectivity index (χ3v) is 5.48. The van der Waals surface area contributed by atoms with Gasteiger partial charge in [0.1, 0.15) is 11.8 Å². The van der Waals surface area contributed by atoms with Crippen LogP contribution >= 0.6 is 11.6 Å². The fraction of sp³-hybridized carbons (Fsp3) is 0.391. The van der Waals surface area contributed by atoms with Gasteiger partial charge < -0.3 is 14.4 Å². The van der Waals surface area contributed by atoms with Crippen LogP contribution in [0.1, 0.15) is 24.1 Å². The van der Waals surface area contributed by atoms with Crippen molar-refractivity contribution in [2.75, 3.05) is 39.9 Å². The number of esters is 1. The van der Waals surface area contributed by atoms with Gasteiger partial charge in [0.25, 0.3) is 0 Å². The van der Waals surface area contributed by atoms with Crippen LogP contribution < -0.4 is 4.74 Å². The number of carbonyl (C=O) groups excluding carboxylic acids is 2. The van der Waals surface area contributed by atoms with Gasteiger partial charge in [-0.3, -0.25) is 9.69 Å². The summed E-state index contributed by atoms with van der Waals surface area (Å²) in [6, 6.07) is 14.3. The van der Waals surface area contributed by atoms with Gasteiger partial charge in [-0.25, -0.2) is 4.79 Å². The maximum atomic E-state index is 12.7. The number of halogens is 1. The molecule has 1 aliphatic heterocycles. The molecule has 1 amide bonds. The average Bonchev–Trinajstić information content (AvgIpc) is 2.77. The molecule has 0 N–H and O–H groups in total. The first kappa shape index (κ1) is 22.1. The number of rotatable bonds is 7. The van der Waals surface area contributed by atoms with Crippen LogP contribution in [-0.4, -0.2) is 61.6 Å². The highest BCUT2D eigenvalue weighted by atomic mass is 35.5. The van der Waals surface area contributed by atoms with Crippen molar-refractivity contribution in [1.29, 1.82) is 0 Å². The van der Waals surface area contributed by atoms with Crippen molar-refractivity contribution in [2.24, 2.45) is 0 Å². The number of piperazine rings is 1. The van der Waals surface area contributed by atoms with Crippen LogP contribution in [0.2, 0.25) is 5.02 Å². The standard InChI is InChI=1S/C23H27ClN2O4/c1-3-30-20-10-4-17(5-11-20)16-21(27)25-12-14-26(15-13-25)22(23(28)29-2)18-6-8-19(24)9-7-18/h4-11,22H,3,12-16H2,1-2H3. The zero-order chi connectivity index (χ0) is 21.5. The Balaban J connectivity index is 1.60. The Kier molecular flexibility index (Phi) is 7.71. The molecule has 0 aliphatic carbocycles. The molecule has 2 aromatic rings. The first-order valence-electron chi connectivity index (χ1n) is 10.1. The quantitative estimate of drug-likeness (QED) is 0.630. The maximum absolute atomic E-state index is 12.7. The molecule has 6 nitrogen and oxygen atoms in total. The van der Waals surface area contributed by atoms with Gasteiger partial charge in [-0.05, 0) is 42.3 Å². The van der Waals surface area contributed by atoms with Gasteiger partial charge in [0.15, 0.2) is 0 Å². The van der Waals surface area contributed by atoms with Crippen LogP contribution in [0.15, 0.2) is 48.5 Å². The third kappa shape index (κ3) is 5.52. The van der Waals surface area contributed by atoms with Gasteiger partial charge in [0.2, 0.25) is 5.91 Å². The molecule has 0 spiro atoms. The van der Waals surface area contributed by atoms with E-state index >= 15 is 0 Å². The third-order valence-electron chi connectivity index (χ3n) is 5.23. The Labute approximate surface area is 182 Å². The molecule has 0 radical (unpaired) electrons. The molecule has 7 heteroatoms. The SMILES string of the molecule is CCOc1ccc(CC(=O)N2CCN(C(C(=O)OC)c3ccc(Cl)cc3)CC2)cc1. The lowest BCUT2D eigenvalue weighted by atomic mass is 10.0. The van der Waals surface area contributed by atoms with Crippen molar-refractivity contribution in [1.82, 2.24) is 9.80 Å². The fourth-order valence-corrected chi connectivity index (χ4v) is 3.76. The van der Waals surface area contributed by atoms with Crippen molar-refractivity contribution >= 4 is 23.5 Å². The van der Waals surface area contributed by atoms with Crippen LogP contribution in [0.5, 0.6) is 5.75 Å². The number of hydrogen-bond donors (Lipinski definition) is 0. The molecule has 0 bridgehead atoms. The van der Waals surface area contributed by atoms with E-state index in [0.717, 1.165) is 16.9 Å². The monoisotopic (exact) mass is 430 g/mol. The topological polar surface area (TPSA) is 59.1 Å². The lowest BCUT2D eigenvalue weighted by molar-refractivity contribution is -0.148. The Morgan fingerprint density at radius 3 is 2.20 bits per heavy atom. The number of hydrogen-bond acceptors (Lipinski definition) is 5. The summed E-state index contributed by atoms with van der Waals surface area (Å²) < 4.78 is 10.5. The molecule has 3 rings (SSSR count). The molecule has 0 saturated carbocycles. The first-order valence-corrected chi connectivity index (χ1v) is 10.5. The van der Waals surface area contributed by atoms with Crippen LogP contribution in [-0.2, 0) is 20.7 Å². The van der Waals surface area contributed by atoms with Crippen LogP contribution in [0.3, 0.4) is 0 Å². The smallest absolute Gasteiger partial charge is 0.327 e. The fourth-order valence-electron chi connectivity index (χ4n) is 3.64. The van der Waals surface area contributed by atoms with Gasteiger partial charge in [-0.2, -0.15) is 0 Å². The predicted octanol–water partition coefficient (Wildman–Crippen LogP) is 3.34. The highest BCUT2D eigenvalue weighted by Gasteiger charge is 2.32. The lowest BCUT2D eigenvalue weighted by Crippen LogP contribution is -2.51. The number of nitrogens with zero attached hydrogens (tertiary/aromatic N) is 2. The molecule has 160 valence electrons. The second kappa shape index (κ2) is 10.5. The van der Waals surface area contributed by atoms with Gasteiger partial charge in [0, 0.05) is 31.2 Å². The van der Waals surface area contributed by atoms with Gasteiger partial charge in [0.05, 0.1) is 20.1 Å². The Bertz CT molecular complexity index is 847. The van der Waals surface area contributed by atoms with E-state index in [2.05, 4.69) is 4.90 Å². The normalized spacial score (nSPS) is 15.5. The van der Waals surface area contributed by atoms with Crippen molar-refractivity contribution in [2.45, 2.75) is 19.4 Å². The van der Waals surface area contributed by atoms with Gasteiger partial charge in [-0.15, -0.1) is 0 Å². The summed E-state index contributed by atoms with van der Waals surface area (Å²) in [4.78, 5) is 29.1. The number of benzene rings is 2. The second-order valence-corrected chi connectivity index (χ2v) is 7.58. The van der Waals surface area contributed by atoms with E-state index in [1.807, 2.05) is 48.2 Å². The molecule has 30 heavy (non-hydrogen) atoms. The second-order valence-electron chi connectivity index (χ2n) is 7.15. The maximum Gasteiger partial charge on any atom is 0.327 e. The van der Waals surface area contributed by atoms with Crippen molar-refractivity contribution in [3.63, 3.8) is 0 Å². The van der Waals surface area contributed by atoms with Crippen LogP contribution in [0.25, 0.3) is 0 Å². The summed E-state index contributed by atoms with van der Waals surface area (Å²) in [5, 5.41) is 0.618. The number of methoxy groups -OCH3 is 1. The Morgan fingerprint density at radius 1 is 1.00 bits per heavy atom. The number of carbonyl (C=O) groups is 2. The molecule has 2 aromatic carbocycles.